The van der Waals surface area contributed by atoms with E-state index in [9.17, 15) is 14.4 Å². The number of esters is 2. The molecular weight excluding hydrogens is 378 g/mol. The molecule has 154 valence electrons. The molecule has 2 heterocycles. The molecule has 1 aliphatic rings. The van der Waals surface area contributed by atoms with Crippen LogP contribution in [0.25, 0.3) is 0 Å². The molecule has 0 saturated carbocycles. The summed E-state index contributed by atoms with van der Waals surface area (Å²) in [6.45, 7) is 3.96. The molecule has 3 rings (SSSR count). The van der Waals surface area contributed by atoms with Crippen molar-refractivity contribution >= 4 is 11.9 Å². The molecule has 1 fully saturated rings. The molecule has 0 radical (unpaired) electrons. The molecule has 8 heteroatoms. The zero-order valence-electron chi connectivity index (χ0n) is 16.3. The highest BCUT2D eigenvalue weighted by molar-refractivity contribution is 5.86. The third kappa shape index (κ3) is 4.90. The molecule has 2 atom stereocenters. The van der Waals surface area contributed by atoms with Gasteiger partial charge in [0.2, 0.25) is 0 Å². The van der Waals surface area contributed by atoms with Gasteiger partial charge in [-0.1, -0.05) is 30.3 Å². The van der Waals surface area contributed by atoms with Crippen LogP contribution in [-0.2, 0) is 35.1 Å². The number of hydrogen-bond acceptors (Lipinski definition) is 7. The van der Waals surface area contributed by atoms with E-state index in [0.29, 0.717) is 12.1 Å². The number of ether oxygens (including phenoxy) is 4. The zero-order valence-corrected chi connectivity index (χ0v) is 16.3. The third-order valence-corrected chi connectivity index (χ3v) is 4.33. The first-order valence-corrected chi connectivity index (χ1v) is 9.42. The van der Waals surface area contributed by atoms with Crippen LogP contribution in [0.4, 0.5) is 0 Å². The molecule has 2 aromatic rings. The van der Waals surface area contributed by atoms with Gasteiger partial charge >= 0.3 is 11.9 Å². The zero-order chi connectivity index (χ0) is 20.8. The Labute approximate surface area is 168 Å². The second-order valence-corrected chi connectivity index (χ2v) is 6.36. The Balaban J connectivity index is 1.84. The van der Waals surface area contributed by atoms with Crippen LogP contribution in [0.1, 0.15) is 31.3 Å². The topological polar surface area (TPSA) is 93.1 Å². The maximum atomic E-state index is 12.2. The Morgan fingerprint density at radius 2 is 1.52 bits per heavy atom. The fraction of sp³-hybridized carbons (Fsp3) is 0.381. The first-order valence-electron chi connectivity index (χ1n) is 9.42. The Morgan fingerprint density at radius 3 is 2.07 bits per heavy atom. The molecule has 1 aliphatic heterocycles. The van der Waals surface area contributed by atoms with Gasteiger partial charge in [0, 0.05) is 17.8 Å². The molecule has 0 N–H and O–H groups in total. The molecule has 0 aliphatic carbocycles. The minimum atomic E-state index is -1.24. The van der Waals surface area contributed by atoms with E-state index in [1.54, 1.807) is 26.1 Å². The SMILES string of the molecule is CCOC(=O)[C@H]1OC(c2ccc(=O)n(Cc3ccccc3)c2)O[C@@H]1C(=O)OCC. The van der Waals surface area contributed by atoms with E-state index < -0.39 is 30.4 Å². The summed E-state index contributed by atoms with van der Waals surface area (Å²) >= 11 is 0. The lowest BCUT2D eigenvalue weighted by Gasteiger charge is -2.13. The largest absolute Gasteiger partial charge is 0.464 e. The molecule has 1 aromatic carbocycles. The highest BCUT2D eigenvalue weighted by atomic mass is 16.8. The van der Waals surface area contributed by atoms with Crippen molar-refractivity contribution in [3.63, 3.8) is 0 Å². The molecule has 0 spiro atoms. The lowest BCUT2D eigenvalue weighted by molar-refractivity contribution is -0.163. The van der Waals surface area contributed by atoms with E-state index >= 15 is 0 Å². The van der Waals surface area contributed by atoms with Gasteiger partial charge in [-0.3, -0.25) is 4.79 Å². The van der Waals surface area contributed by atoms with Crippen LogP contribution >= 0.6 is 0 Å². The molecular formula is C21H23NO7. The summed E-state index contributed by atoms with van der Waals surface area (Å²) in [6, 6.07) is 12.4. The summed E-state index contributed by atoms with van der Waals surface area (Å²) in [4.78, 5) is 36.7. The second kappa shape index (κ2) is 9.49. The van der Waals surface area contributed by atoms with Crippen LogP contribution in [0.15, 0.2) is 53.5 Å². The van der Waals surface area contributed by atoms with E-state index in [0.717, 1.165) is 5.56 Å². The predicted molar refractivity (Wildman–Crippen MR) is 102 cm³/mol. The molecule has 29 heavy (non-hydrogen) atoms. The van der Waals surface area contributed by atoms with Crippen LogP contribution in [0, 0.1) is 0 Å². The van der Waals surface area contributed by atoms with Gasteiger partial charge in [0.15, 0.2) is 18.5 Å². The van der Waals surface area contributed by atoms with Crippen molar-refractivity contribution in [2.24, 2.45) is 0 Å². The smallest absolute Gasteiger partial charge is 0.338 e. The van der Waals surface area contributed by atoms with Gasteiger partial charge < -0.3 is 23.5 Å². The number of hydrogen-bond donors (Lipinski definition) is 0. The summed E-state index contributed by atoms with van der Waals surface area (Å²) < 4.78 is 22.8. The Kier molecular flexibility index (Phi) is 6.79. The Bertz CT molecular complexity index is 883. The summed E-state index contributed by atoms with van der Waals surface area (Å²) in [6.07, 6.45) is -1.90. The lowest BCUT2D eigenvalue weighted by atomic mass is 10.2. The summed E-state index contributed by atoms with van der Waals surface area (Å²) in [7, 11) is 0. The van der Waals surface area contributed by atoms with Crippen molar-refractivity contribution in [1.29, 1.82) is 0 Å². The highest BCUT2D eigenvalue weighted by Crippen LogP contribution is 2.32. The first-order chi connectivity index (χ1) is 14.0. The van der Waals surface area contributed by atoms with Crippen molar-refractivity contribution in [3.05, 3.63) is 70.1 Å². The maximum absolute atomic E-state index is 12.2. The normalized spacial score (nSPS) is 19.1. The van der Waals surface area contributed by atoms with Gasteiger partial charge in [-0.25, -0.2) is 9.59 Å². The van der Waals surface area contributed by atoms with E-state index in [1.807, 2.05) is 30.3 Å². The van der Waals surface area contributed by atoms with E-state index in [-0.39, 0.29) is 18.8 Å². The number of nitrogens with zero attached hydrogens (tertiary/aromatic N) is 1. The van der Waals surface area contributed by atoms with Gasteiger partial charge in [-0.2, -0.15) is 0 Å². The van der Waals surface area contributed by atoms with Crippen molar-refractivity contribution in [2.75, 3.05) is 13.2 Å². The molecule has 8 nitrogen and oxygen atoms in total. The van der Waals surface area contributed by atoms with Crippen LogP contribution in [0.3, 0.4) is 0 Å². The van der Waals surface area contributed by atoms with Crippen molar-refractivity contribution in [2.45, 2.75) is 38.9 Å². The number of rotatable bonds is 7. The number of benzene rings is 1. The number of carbonyl (C=O) groups excluding carboxylic acids is 2. The fourth-order valence-electron chi connectivity index (χ4n) is 3.00. The minimum Gasteiger partial charge on any atom is -0.464 e. The quantitative estimate of drug-likeness (QED) is 0.653. The number of aromatic nitrogens is 1. The van der Waals surface area contributed by atoms with E-state index in [4.69, 9.17) is 18.9 Å². The Hall–Kier alpha value is -2.97. The van der Waals surface area contributed by atoms with Gasteiger partial charge in [0.1, 0.15) is 0 Å². The van der Waals surface area contributed by atoms with Crippen LogP contribution in [0.5, 0.6) is 0 Å². The van der Waals surface area contributed by atoms with Crippen molar-refractivity contribution in [1.82, 2.24) is 4.57 Å². The molecule has 0 bridgehead atoms. The second-order valence-electron chi connectivity index (χ2n) is 6.36. The standard InChI is InChI=1S/C21H23NO7/c1-3-26-19(24)17-18(20(25)27-4-2)29-21(28-17)15-10-11-16(23)22(13-15)12-14-8-6-5-7-9-14/h5-11,13,17-18,21H,3-4,12H2,1-2H3/t17-,18-/m0/s1. The monoisotopic (exact) mass is 401 g/mol. The number of pyridine rings is 1. The Morgan fingerprint density at radius 1 is 0.931 bits per heavy atom. The van der Waals surface area contributed by atoms with Gasteiger partial charge in [0.25, 0.3) is 5.56 Å². The average molecular weight is 401 g/mol. The van der Waals surface area contributed by atoms with Crippen molar-refractivity contribution < 1.29 is 28.5 Å². The molecule has 0 unspecified atom stereocenters. The van der Waals surface area contributed by atoms with Crippen LogP contribution in [-0.4, -0.2) is 41.9 Å². The van der Waals surface area contributed by atoms with Crippen molar-refractivity contribution in [3.8, 4) is 0 Å². The maximum Gasteiger partial charge on any atom is 0.338 e. The van der Waals surface area contributed by atoms with Gasteiger partial charge in [-0.05, 0) is 25.5 Å². The van der Waals surface area contributed by atoms with E-state index in [2.05, 4.69) is 0 Å². The van der Waals surface area contributed by atoms with Gasteiger partial charge in [0.05, 0.1) is 19.8 Å². The summed E-state index contributed by atoms with van der Waals surface area (Å²) in [5, 5.41) is 0. The van der Waals surface area contributed by atoms with Crippen LogP contribution in [0.2, 0.25) is 0 Å². The molecule has 0 amide bonds. The first kappa shape index (κ1) is 20.8. The summed E-state index contributed by atoms with van der Waals surface area (Å²) in [5.41, 5.74) is 1.26. The minimum absolute atomic E-state index is 0.140. The fourth-order valence-corrected chi connectivity index (χ4v) is 3.00. The van der Waals surface area contributed by atoms with E-state index in [1.165, 1.54) is 10.6 Å². The third-order valence-electron chi connectivity index (χ3n) is 4.33. The average Bonchev–Trinajstić information content (AvgIpc) is 3.17. The molecule has 1 saturated heterocycles. The lowest BCUT2D eigenvalue weighted by Crippen LogP contribution is -2.39. The predicted octanol–water partition coefficient (Wildman–Crippen LogP) is 1.81. The highest BCUT2D eigenvalue weighted by Gasteiger charge is 2.47. The molecule has 1 aromatic heterocycles. The van der Waals surface area contributed by atoms with Gasteiger partial charge in [-0.15, -0.1) is 0 Å². The number of carbonyl (C=O) groups is 2. The summed E-state index contributed by atoms with van der Waals surface area (Å²) in [5.74, 6) is -1.41. The van der Waals surface area contributed by atoms with Crippen LogP contribution < -0.4 is 5.56 Å².